The smallest absolute Gasteiger partial charge is 0.444 e. The van der Waals surface area contributed by atoms with Gasteiger partial charge in [0.1, 0.15) is 5.60 Å². The molecule has 0 aromatic carbocycles. The average Bonchev–Trinajstić information content (AvgIpc) is 2.81. The van der Waals surface area contributed by atoms with E-state index in [9.17, 15) is 22.8 Å². The Bertz CT molecular complexity index is 445. The number of halogens is 3. The number of hydrogen-bond acceptors (Lipinski definition) is 3. The molecular formula is C14H21F3N2O3. The molecule has 8 heteroatoms. The number of alkyl carbamates (subject to hydrolysis) is 1. The summed E-state index contributed by atoms with van der Waals surface area (Å²) in [5.41, 5.74) is -0.589. The van der Waals surface area contributed by atoms with E-state index in [2.05, 4.69) is 5.32 Å². The van der Waals surface area contributed by atoms with Gasteiger partial charge in [0.15, 0.2) is 0 Å². The van der Waals surface area contributed by atoms with Crippen LogP contribution in [-0.4, -0.2) is 47.8 Å². The predicted molar refractivity (Wildman–Crippen MR) is 72.0 cm³/mol. The first-order chi connectivity index (χ1) is 9.95. The molecule has 0 aromatic heterocycles. The zero-order valence-corrected chi connectivity index (χ0v) is 12.9. The summed E-state index contributed by atoms with van der Waals surface area (Å²) in [5.74, 6) is -1.75. The third-order valence-electron chi connectivity index (χ3n) is 4.00. The van der Waals surface area contributed by atoms with Crippen LogP contribution in [-0.2, 0) is 9.53 Å². The molecule has 5 nitrogen and oxygen atoms in total. The van der Waals surface area contributed by atoms with Crippen LogP contribution in [0.1, 0.15) is 33.6 Å². The van der Waals surface area contributed by atoms with Gasteiger partial charge in [-0.05, 0) is 45.4 Å². The van der Waals surface area contributed by atoms with E-state index < -0.39 is 23.8 Å². The van der Waals surface area contributed by atoms with Gasteiger partial charge in [-0.3, -0.25) is 4.79 Å². The van der Waals surface area contributed by atoms with Gasteiger partial charge in [0.2, 0.25) is 0 Å². The van der Waals surface area contributed by atoms with Crippen molar-refractivity contribution in [3.05, 3.63) is 0 Å². The Morgan fingerprint density at radius 3 is 2.00 bits per heavy atom. The van der Waals surface area contributed by atoms with Crippen LogP contribution in [0.5, 0.6) is 0 Å². The van der Waals surface area contributed by atoms with Gasteiger partial charge in [-0.25, -0.2) is 4.79 Å². The zero-order chi connectivity index (χ0) is 16.7. The van der Waals surface area contributed by atoms with Crippen LogP contribution in [0.15, 0.2) is 0 Å². The summed E-state index contributed by atoms with van der Waals surface area (Å²) >= 11 is 0. The fourth-order valence-corrected chi connectivity index (χ4v) is 3.24. The molecule has 3 atom stereocenters. The first kappa shape index (κ1) is 16.9. The van der Waals surface area contributed by atoms with Crippen LogP contribution in [0, 0.1) is 11.8 Å². The highest BCUT2D eigenvalue weighted by atomic mass is 19.4. The number of nitrogens with zero attached hydrogens (tertiary/aromatic N) is 1. The minimum absolute atomic E-state index is 0.00577. The second-order valence-corrected chi connectivity index (χ2v) is 7.04. The van der Waals surface area contributed by atoms with Crippen molar-refractivity contribution in [1.29, 1.82) is 0 Å². The number of ether oxygens (including phenoxy) is 1. The number of carbonyl (C=O) groups is 2. The molecule has 0 spiro atoms. The van der Waals surface area contributed by atoms with Crippen molar-refractivity contribution in [3.8, 4) is 0 Å². The monoisotopic (exact) mass is 322 g/mol. The van der Waals surface area contributed by atoms with Gasteiger partial charge in [-0.15, -0.1) is 0 Å². The number of fused-ring (bicyclic) bond motifs is 1. The maximum absolute atomic E-state index is 12.4. The van der Waals surface area contributed by atoms with Crippen LogP contribution in [0.2, 0.25) is 0 Å². The summed E-state index contributed by atoms with van der Waals surface area (Å²) in [4.78, 5) is 23.8. The van der Waals surface area contributed by atoms with E-state index in [1.807, 2.05) is 0 Å². The van der Waals surface area contributed by atoms with Crippen molar-refractivity contribution in [3.63, 3.8) is 0 Å². The maximum Gasteiger partial charge on any atom is 0.471 e. The van der Waals surface area contributed by atoms with Gasteiger partial charge < -0.3 is 15.0 Å². The van der Waals surface area contributed by atoms with Crippen molar-refractivity contribution in [2.24, 2.45) is 11.8 Å². The summed E-state index contributed by atoms with van der Waals surface area (Å²) < 4.78 is 42.4. The van der Waals surface area contributed by atoms with E-state index >= 15 is 0 Å². The molecule has 2 fully saturated rings. The third kappa shape index (κ3) is 4.04. The van der Waals surface area contributed by atoms with Gasteiger partial charge in [-0.2, -0.15) is 13.2 Å². The molecule has 2 aliphatic rings. The minimum Gasteiger partial charge on any atom is -0.444 e. The zero-order valence-electron chi connectivity index (χ0n) is 12.9. The van der Waals surface area contributed by atoms with E-state index in [1.165, 1.54) is 0 Å². The molecule has 1 saturated heterocycles. The topological polar surface area (TPSA) is 58.6 Å². The fourth-order valence-electron chi connectivity index (χ4n) is 3.24. The van der Waals surface area contributed by atoms with Crippen LogP contribution >= 0.6 is 0 Å². The highest BCUT2D eigenvalue weighted by molar-refractivity contribution is 5.82. The molecule has 1 saturated carbocycles. The predicted octanol–water partition coefficient (Wildman–Crippen LogP) is 2.31. The fraction of sp³-hybridized carbons (Fsp3) is 0.857. The summed E-state index contributed by atoms with van der Waals surface area (Å²) in [7, 11) is 0. The Morgan fingerprint density at radius 1 is 1.09 bits per heavy atom. The number of carbonyl (C=O) groups excluding carboxylic acids is 2. The van der Waals surface area contributed by atoms with E-state index in [-0.39, 0.29) is 31.0 Å². The van der Waals surface area contributed by atoms with E-state index in [0.29, 0.717) is 12.8 Å². The van der Waals surface area contributed by atoms with Crippen LogP contribution in [0.4, 0.5) is 18.0 Å². The molecular weight excluding hydrogens is 301 g/mol. The molecule has 1 heterocycles. The molecule has 1 unspecified atom stereocenters. The Morgan fingerprint density at radius 2 is 1.59 bits per heavy atom. The molecule has 0 radical (unpaired) electrons. The molecule has 0 aromatic rings. The Hall–Kier alpha value is -1.47. The number of alkyl halides is 3. The molecule has 2 amide bonds. The minimum atomic E-state index is -4.81. The van der Waals surface area contributed by atoms with Gasteiger partial charge in [0.25, 0.3) is 0 Å². The number of likely N-dealkylation sites (tertiary alicyclic amines) is 1. The van der Waals surface area contributed by atoms with Crippen LogP contribution in [0.3, 0.4) is 0 Å². The van der Waals surface area contributed by atoms with Crippen molar-refractivity contribution in [2.45, 2.75) is 51.4 Å². The lowest BCUT2D eigenvalue weighted by molar-refractivity contribution is -0.184. The SMILES string of the molecule is CC(C)(C)OC(=O)NC1C[C@@H]2CN(C(=O)C(F)(F)F)C[C@@H]2C1. The molecule has 1 N–H and O–H groups in total. The van der Waals surface area contributed by atoms with Gasteiger partial charge >= 0.3 is 18.2 Å². The summed E-state index contributed by atoms with van der Waals surface area (Å²) in [5, 5.41) is 2.75. The lowest BCUT2D eigenvalue weighted by Crippen LogP contribution is -2.42. The highest BCUT2D eigenvalue weighted by Crippen LogP contribution is 2.39. The summed E-state index contributed by atoms with van der Waals surface area (Å²) in [6.07, 6.45) is -4.18. The largest absolute Gasteiger partial charge is 0.471 e. The van der Waals surface area contributed by atoms with Crippen molar-refractivity contribution < 1.29 is 27.5 Å². The van der Waals surface area contributed by atoms with Gasteiger partial charge in [0.05, 0.1) is 0 Å². The number of nitrogens with one attached hydrogen (secondary N) is 1. The van der Waals surface area contributed by atoms with E-state index in [4.69, 9.17) is 4.74 Å². The molecule has 22 heavy (non-hydrogen) atoms. The Labute approximate surface area is 127 Å². The number of amides is 2. The van der Waals surface area contributed by atoms with E-state index in [0.717, 1.165) is 4.90 Å². The average molecular weight is 322 g/mol. The molecule has 126 valence electrons. The lowest BCUT2D eigenvalue weighted by Gasteiger charge is -2.23. The quantitative estimate of drug-likeness (QED) is 0.806. The van der Waals surface area contributed by atoms with Crippen LogP contribution < -0.4 is 5.32 Å². The number of hydrogen-bond donors (Lipinski definition) is 1. The molecule has 1 aliphatic carbocycles. The normalized spacial score (nSPS) is 28.5. The Balaban J connectivity index is 1.83. The first-order valence-corrected chi connectivity index (χ1v) is 7.31. The van der Waals surface area contributed by atoms with Gasteiger partial charge in [0, 0.05) is 19.1 Å². The highest BCUT2D eigenvalue weighted by Gasteiger charge is 2.49. The molecule has 0 bridgehead atoms. The second kappa shape index (κ2) is 5.62. The summed E-state index contributed by atoms with van der Waals surface area (Å²) in [6.45, 7) is 5.49. The van der Waals surface area contributed by atoms with E-state index in [1.54, 1.807) is 20.8 Å². The second-order valence-electron chi connectivity index (χ2n) is 7.04. The standard InChI is InChI=1S/C14H21F3N2O3/c1-13(2,3)22-12(21)18-10-4-8-6-19(7-9(8)5-10)11(20)14(15,16)17/h8-10H,4-7H2,1-3H3,(H,18,21)/t8-,9+,10?. The van der Waals surface area contributed by atoms with Crippen molar-refractivity contribution >= 4 is 12.0 Å². The van der Waals surface area contributed by atoms with Crippen molar-refractivity contribution in [2.75, 3.05) is 13.1 Å². The third-order valence-corrected chi connectivity index (χ3v) is 4.00. The van der Waals surface area contributed by atoms with Gasteiger partial charge in [-0.1, -0.05) is 0 Å². The first-order valence-electron chi connectivity index (χ1n) is 7.31. The summed E-state index contributed by atoms with van der Waals surface area (Å²) in [6, 6.07) is -0.104. The molecule has 2 rings (SSSR count). The molecule has 1 aliphatic heterocycles. The number of rotatable bonds is 1. The van der Waals surface area contributed by atoms with Crippen molar-refractivity contribution in [1.82, 2.24) is 10.2 Å². The Kier molecular flexibility index (Phi) is 4.32. The lowest BCUT2D eigenvalue weighted by atomic mass is 10.0. The maximum atomic E-state index is 12.4. The van der Waals surface area contributed by atoms with Crippen LogP contribution in [0.25, 0.3) is 0 Å².